The lowest BCUT2D eigenvalue weighted by Gasteiger charge is -2.27. The molecule has 12 nitrogen and oxygen atoms in total. The van der Waals surface area contributed by atoms with E-state index in [2.05, 4.69) is 43.6 Å². The highest BCUT2D eigenvalue weighted by molar-refractivity contribution is 5.73. The Morgan fingerprint density at radius 1 is 0.462 bits per heavy atom. The Balaban J connectivity index is 2.38. The van der Waals surface area contributed by atoms with Gasteiger partial charge in [0, 0.05) is 26.2 Å². The fourth-order valence-corrected chi connectivity index (χ4v) is 8.50. The molecule has 1 aromatic carbocycles. The van der Waals surface area contributed by atoms with Gasteiger partial charge in [-0.05, 0) is 44.6 Å². The Morgan fingerprint density at radius 3 is 1.34 bits per heavy atom. The zero-order valence-corrected chi connectivity index (χ0v) is 42.8. The minimum absolute atomic E-state index is 0.244. The van der Waals surface area contributed by atoms with Crippen molar-refractivity contribution in [1.82, 2.24) is 5.32 Å². The molecule has 0 aliphatic carbocycles. The Bertz CT molecular complexity index is 1220. The van der Waals surface area contributed by atoms with Gasteiger partial charge in [0.15, 0.2) is 0 Å². The van der Waals surface area contributed by atoms with Gasteiger partial charge in [-0.25, -0.2) is 0 Å². The molecule has 0 saturated carbocycles. The average Bonchev–Trinajstić information content (AvgIpc) is 3.30. The predicted molar refractivity (Wildman–Crippen MR) is 272 cm³/mol. The summed E-state index contributed by atoms with van der Waals surface area (Å²) in [4.78, 5) is 24.9. The summed E-state index contributed by atoms with van der Waals surface area (Å²) in [5.41, 5.74) is -0.509. The van der Waals surface area contributed by atoms with Crippen molar-refractivity contribution in [2.24, 2.45) is 11.8 Å². The van der Waals surface area contributed by atoms with Crippen LogP contribution in [0.1, 0.15) is 195 Å². The molecular weight excluding hydrogens is 823 g/mol. The number of hydrogen-bond donors (Lipinski definition) is 4. The van der Waals surface area contributed by atoms with E-state index in [4.69, 9.17) is 28.4 Å². The maximum atomic E-state index is 12.5. The maximum Gasteiger partial charge on any atom is 0.253 e. The molecule has 1 aromatic rings. The van der Waals surface area contributed by atoms with Gasteiger partial charge in [0.1, 0.15) is 11.4 Å². The van der Waals surface area contributed by atoms with Crippen LogP contribution in [-0.2, 0) is 28.4 Å². The van der Waals surface area contributed by atoms with Gasteiger partial charge in [-0.15, -0.1) is 0 Å². The van der Waals surface area contributed by atoms with Crippen molar-refractivity contribution < 1.29 is 33.5 Å². The van der Waals surface area contributed by atoms with Crippen LogP contribution in [0, 0.1) is 11.8 Å². The number of anilines is 2. The van der Waals surface area contributed by atoms with Crippen LogP contribution in [0.25, 0.3) is 0 Å². The molecular formula is C53H103N3O9. The number of aliphatic hydroxyl groups excluding tert-OH is 1. The molecule has 0 aromatic heterocycles. The molecule has 4 unspecified atom stereocenters. The van der Waals surface area contributed by atoms with Crippen molar-refractivity contribution in [3.63, 3.8) is 0 Å². The van der Waals surface area contributed by atoms with E-state index in [9.17, 15) is 14.7 Å². The number of nitrogens with one attached hydrogen (secondary N) is 3. The van der Waals surface area contributed by atoms with Gasteiger partial charge >= 0.3 is 0 Å². The van der Waals surface area contributed by atoms with Crippen molar-refractivity contribution >= 4 is 11.4 Å². The number of aliphatic hydroxyl groups is 1. The average molecular weight is 926 g/mol. The predicted octanol–water partition coefficient (Wildman–Crippen LogP) is 10.6. The van der Waals surface area contributed by atoms with Gasteiger partial charge in [-0.1, -0.05) is 168 Å². The van der Waals surface area contributed by atoms with Crippen LogP contribution >= 0.6 is 0 Å². The van der Waals surface area contributed by atoms with Crippen molar-refractivity contribution in [1.29, 1.82) is 0 Å². The van der Waals surface area contributed by atoms with Crippen molar-refractivity contribution in [3.8, 4) is 0 Å². The molecule has 0 spiro atoms. The third kappa shape index (κ3) is 36.1. The lowest BCUT2D eigenvalue weighted by atomic mass is 9.81. The number of hydrogen-bond acceptors (Lipinski definition) is 12. The van der Waals surface area contributed by atoms with Crippen LogP contribution in [0.2, 0.25) is 0 Å². The fraction of sp³-hybridized carbons (Fsp3) is 0.925. The van der Waals surface area contributed by atoms with E-state index in [1.807, 2.05) is 0 Å². The summed E-state index contributed by atoms with van der Waals surface area (Å²) in [5.74, 6) is 0.937. The van der Waals surface area contributed by atoms with E-state index < -0.39 is 17.0 Å². The summed E-state index contributed by atoms with van der Waals surface area (Å²) < 4.78 is 32.4. The van der Waals surface area contributed by atoms with E-state index in [0.717, 1.165) is 25.8 Å². The van der Waals surface area contributed by atoms with Crippen LogP contribution in [0.5, 0.6) is 0 Å². The molecule has 0 saturated heterocycles. The first kappa shape index (κ1) is 61.4. The molecule has 0 aliphatic rings. The highest BCUT2D eigenvalue weighted by Gasteiger charge is 2.24. The summed E-state index contributed by atoms with van der Waals surface area (Å²) in [6.07, 6.45) is 33.1. The first-order valence-corrected chi connectivity index (χ1v) is 27.0. The largest absolute Gasteiger partial charge is 0.391 e. The lowest BCUT2D eigenvalue weighted by Crippen LogP contribution is -2.39. The Kier molecular flexibility index (Phi) is 43.5. The molecule has 0 fully saturated rings. The minimum Gasteiger partial charge on any atom is -0.391 e. The molecule has 65 heavy (non-hydrogen) atoms. The zero-order valence-electron chi connectivity index (χ0n) is 42.8. The topological polar surface area (TPSA) is 146 Å². The quantitative estimate of drug-likeness (QED) is 0.0364. The molecule has 0 amide bonds. The lowest BCUT2D eigenvalue weighted by molar-refractivity contribution is -0.0141. The molecule has 1 rings (SSSR count). The molecule has 0 bridgehead atoms. The second-order valence-corrected chi connectivity index (χ2v) is 18.7. The number of methoxy groups -OCH3 is 1. The first-order chi connectivity index (χ1) is 31.8. The Labute approximate surface area is 398 Å². The molecule has 0 aliphatic heterocycles. The van der Waals surface area contributed by atoms with Crippen molar-refractivity contribution in [2.75, 3.05) is 110 Å². The Morgan fingerprint density at radius 2 is 0.862 bits per heavy atom. The van der Waals surface area contributed by atoms with E-state index >= 15 is 0 Å². The number of ether oxygens (including phenoxy) is 6. The summed E-state index contributed by atoms with van der Waals surface area (Å²) >= 11 is 0. The van der Waals surface area contributed by atoms with Crippen molar-refractivity contribution in [3.05, 3.63) is 20.4 Å². The third-order valence-electron chi connectivity index (χ3n) is 12.8. The zero-order chi connectivity index (χ0) is 47.3. The number of rotatable bonds is 53. The second kappa shape index (κ2) is 46.1. The standard InChI is InChI=1S/C53H103N3O9/c1-6-8-10-12-14-16-18-20-22-24-28-46(3)48(30-26-27-31-54-47(4)29-25-23-21-19-17-15-13-11-9-7-2)44-49(57)45-56-51-50(52(58)53(51)59)55-32-33-61-36-37-63-40-41-65-43-42-64-39-38-62-35-34-60-5/h46-49,54-57H,6-45H2,1-5H3. The summed E-state index contributed by atoms with van der Waals surface area (Å²) in [6, 6.07) is 0.557. The second-order valence-electron chi connectivity index (χ2n) is 18.7. The fourth-order valence-electron chi connectivity index (χ4n) is 8.50. The smallest absolute Gasteiger partial charge is 0.253 e. The van der Waals surface area contributed by atoms with E-state index in [0.29, 0.717) is 104 Å². The SMILES string of the molecule is CCCCCCCCCCCCC(C)NCCCCC(CC(O)CNc1c(NCCOCCOCCOCCOCCOCCOC)c(=O)c1=O)C(C)CCCCCCCCCCCC. The maximum absolute atomic E-state index is 12.5. The highest BCUT2D eigenvalue weighted by atomic mass is 16.6. The molecule has 4 atom stereocenters. The summed E-state index contributed by atoms with van der Waals surface area (Å²) in [7, 11) is 1.64. The monoisotopic (exact) mass is 926 g/mol. The summed E-state index contributed by atoms with van der Waals surface area (Å²) in [5, 5.41) is 21.2. The molecule has 0 heterocycles. The molecule has 12 heteroatoms. The van der Waals surface area contributed by atoms with Gasteiger partial charge < -0.3 is 49.5 Å². The highest BCUT2D eigenvalue weighted by Crippen LogP contribution is 2.29. The van der Waals surface area contributed by atoms with E-state index in [-0.39, 0.29) is 17.9 Å². The normalized spacial score (nSPS) is 13.7. The first-order valence-electron chi connectivity index (χ1n) is 27.0. The van der Waals surface area contributed by atoms with Crippen LogP contribution in [0.15, 0.2) is 9.59 Å². The minimum atomic E-state index is -0.606. The van der Waals surface area contributed by atoms with Crippen LogP contribution < -0.4 is 26.8 Å². The van der Waals surface area contributed by atoms with E-state index in [1.54, 1.807) is 7.11 Å². The van der Waals surface area contributed by atoms with Gasteiger partial charge in [0.05, 0.1) is 78.8 Å². The molecule has 384 valence electrons. The van der Waals surface area contributed by atoms with Gasteiger partial charge in [-0.3, -0.25) is 9.59 Å². The van der Waals surface area contributed by atoms with Crippen LogP contribution in [0.3, 0.4) is 0 Å². The van der Waals surface area contributed by atoms with Gasteiger partial charge in [0.25, 0.3) is 10.9 Å². The summed E-state index contributed by atoms with van der Waals surface area (Å²) in [6.45, 7) is 16.3. The van der Waals surface area contributed by atoms with E-state index in [1.165, 1.54) is 141 Å². The van der Waals surface area contributed by atoms with Crippen molar-refractivity contribution in [2.45, 2.75) is 207 Å². The van der Waals surface area contributed by atoms with Gasteiger partial charge in [-0.2, -0.15) is 0 Å². The number of unbranched alkanes of at least 4 members (excludes halogenated alkanes) is 19. The van der Waals surface area contributed by atoms with Crippen LogP contribution in [-0.4, -0.2) is 117 Å². The van der Waals surface area contributed by atoms with Crippen LogP contribution in [0.4, 0.5) is 11.4 Å². The molecule has 0 radical (unpaired) electrons. The Hall–Kier alpha value is -1.64. The van der Waals surface area contributed by atoms with Gasteiger partial charge in [0.2, 0.25) is 0 Å². The molecule has 4 N–H and O–H groups in total. The third-order valence-corrected chi connectivity index (χ3v) is 12.8.